The normalized spacial score (nSPS) is 11.8. The van der Waals surface area contributed by atoms with E-state index in [1.54, 1.807) is 0 Å². The van der Waals surface area contributed by atoms with Crippen LogP contribution in [0.2, 0.25) is 5.02 Å². The lowest BCUT2D eigenvalue weighted by Crippen LogP contribution is -2.29. The molecule has 0 saturated heterocycles. The zero-order valence-electron chi connectivity index (χ0n) is 15.7. The van der Waals surface area contributed by atoms with Gasteiger partial charge in [-0.2, -0.15) is 0 Å². The number of aliphatic hydroxyl groups is 1. The van der Waals surface area contributed by atoms with Gasteiger partial charge < -0.3 is 10.4 Å². The third-order valence-corrected chi connectivity index (χ3v) is 4.65. The first-order valence-corrected chi connectivity index (χ1v) is 9.26. The molecule has 2 N–H and O–H groups in total. The lowest BCUT2D eigenvalue weighted by atomic mass is 10.1. The molecule has 0 saturated carbocycles. The zero-order chi connectivity index (χ0) is 21.8. The fourth-order valence-corrected chi connectivity index (χ4v) is 3.08. The van der Waals surface area contributed by atoms with Crippen LogP contribution < -0.4 is 10.2 Å². The minimum absolute atomic E-state index is 0.0797. The molecule has 0 bridgehead atoms. The second kappa shape index (κ2) is 9.15. The number of hydrogen-bond acceptors (Lipinski definition) is 4. The molecule has 3 rings (SSSR count). The molecule has 0 aliphatic carbocycles. The molecule has 2 aromatic carbocycles. The molecule has 1 heterocycles. The predicted octanol–water partition coefficient (Wildman–Crippen LogP) is 4.81. The highest BCUT2D eigenvalue weighted by atomic mass is 35.5. The van der Waals surface area contributed by atoms with E-state index in [2.05, 4.69) is 10.3 Å². The molecule has 1 unspecified atom stereocenters. The molecular formula is C21H17ClF3N3O2. The fraction of sp³-hybridized carbons (Fsp3) is 0.143. The summed E-state index contributed by atoms with van der Waals surface area (Å²) in [5.41, 5.74) is 0.392. The van der Waals surface area contributed by atoms with E-state index in [4.69, 9.17) is 11.6 Å². The largest absolute Gasteiger partial charge is 0.373 e. The third-order valence-electron chi connectivity index (χ3n) is 4.22. The van der Waals surface area contributed by atoms with Gasteiger partial charge in [-0.3, -0.25) is 9.69 Å². The maximum atomic E-state index is 14.3. The molecule has 1 aromatic heterocycles. The summed E-state index contributed by atoms with van der Waals surface area (Å²) in [4.78, 5) is 17.5. The monoisotopic (exact) mass is 435 g/mol. The summed E-state index contributed by atoms with van der Waals surface area (Å²) < 4.78 is 41.4. The van der Waals surface area contributed by atoms with Gasteiger partial charge in [0.05, 0.1) is 17.1 Å². The van der Waals surface area contributed by atoms with Gasteiger partial charge in [-0.1, -0.05) is 29.8 Å². The Bertz CT molecular complexity index is 1080. The molecule has 0 aliphatic heterocycles. The molecule has 1 atom stereocenters. The Balaban J connectivity index is 1.84. The van der Waals surface area contributed by atoms with Gasteiger partial charge in [-0.05, 0) is 36.8 Å². The van der Waals surface area contributed by atoms with Crippen molar-refractivity contribution in [2.24, 2.45) is 0 Å². The lowest BCUT2D eigenvalue weighted by molar-refractivity contribution is -0.115. The van der Waals surface area contributed by atoms with Crippen molar-refractivity contribution in [1.29, 1.82) is 0 Å². The number of benzene rings is 2. The van der Waals surface area contributed by atoms with Crippen molar-refractivity contribution in [3.8, 4) is 0 Å². The van der Waals surface area contributed by atoms with Gasteiger partial charge in [0.15, 0.2) is 11.6 Å². The number of hydrogen-bond donors (Lipinski definition) is 2. The number of nitrogens with one attached hydrogen (secondary N) is 1. The Hall–Kier alpha value is -3.10. The first-order valence-electron chi connectivity index (χ1n) is 8.88. The Morgan fingerprint density at radius 1 is 1.17 bits per heavy atom. The fourth-order valence-electron chi connectivity index (χ4n) is 2.89. The number of pyridine rings is 1. The zero-order valence-corrected chi connectivity index (χ0v) is 16.5. The highest BCUT2D eigenvalue weighted by Crippen LogP contribution is 2.30. The number of anilines is 3. The molecule has 30 heavy (non-hydrogen) atoms. The number of halogens is 4. The van der Waals surface area contributed by atoms with E-state index in [9.17, 15) is 23.1 Å². The van der Waals surface area contributed by atoms with Gasteiger partial charge in [-0.25, -0.2) is 18.2 Å². The standard InChI is InChI=1S/C21H17ClF3N3O2/c1-12(29)28(17-7-3-6-16(24)21(17)25)18-11-14(8-9-26-18)27-19(30)10-13-4-2-5-15(23)20(13)22/h2-9,11-12,29H,10H2,1H3,(H,26,27,30). The lowest BCUT2D eigenvalue weighted by Gasteiger charge is -2.27. The van der Waals surface area contributed by atoms with Crippen LogP contribution in [-0.2, 0) is 11.2 Å². The molecule has 0 spiro atoms. The Morgan fingerprint density at radius 2 is 1.87 bits per heavy atom. The summed E-state index contributed by atoms with van der Waals surface area (Å²) >= 11 is 5.87. The van der Waals surface area contributed by atoms with E-state index in [-0.39, 0.29) is 22.9 Å². The van der Waals surface area contributed by atoms with Crippen molar-refractivity contribution in [2.45, 2.75) is 19.6 Å². The number of carbonyl (C=O) groups is 1. The van der Waals surface area contributed by atoms with Gasteiger partial charge in [0.25, 0.3) is 0 Å². The first-order chi connectivity index (χ1) is 14.3. The van der Waals surface area contributed by atoms with Crippen LogP contribution in [-0.4, -0.2) is 22.2 Å². The predicted molar refractivity (Wildman–Crippen MR) is 108 cm³/mol. The molecule has 156 valence electrons. The molecule has 1 amide bonds. The van der Waals surface area contributed by atoms with E-state index >= 15 is 0 Å². The number of carbonyl (C=O) groups excluding carboxylic acids is 1. The average Bonchev–Trinajstić information content (AvgIpc) is 2.69. The Kier molecular flexibility index (Phi) is 6.59. The second-order valence-corrected chi connectivity index (χ2v) is 6.79. The van der Waals surface area contributed by atoms with Crippen molar-refractivity contribution in [3.63, 3.8) is 0 Å². The van der Waals surface area contributed by atoms with Gasteiger partial charge in [0, 0.05) is 18.0 Å². The maximum Gasteiger partial charge on any atom is 0.228 e. The van der Waals surface area contributed by atoms with Crippen LogP contribution in [0.1, 0.15) is 12.5 Å². The van der Waals surface area contributed by atoms with Crippen LogP contribution >= 0.6 is 11.6 Å². The quantitative estimate of drug-likeness (QED) is 0.545. The summed E-state index contributed by atoms with van der Waals surface area (Å²) in [6, 6.07) is 10.6. The van der Waals surface area contributed by atoms with Crippen LogP contribution in [0.3, 0.4) is 0 Å². The topological polar surface area (TPSA) is 65.5 Å². The van der Waals surface area contributed by atoms with Gasteiger partial charge in [-0.15, -0.1) is 0 Å². The Morgan fingerprint density at radius 3 is 2.60 bits per heavy atom. The van der Waals surface area contributed by atoms with Gasteiger partial charge >= 0.3 is 0 Å². The van der Waals surface area contributed by atoms with Crippen LogP contribution in [0.4, 0.5) is 30.4 Å². The van der Waals surface area contributed by atoms with Crippen molar-refractivity contribution in [3.05, 3.63) is 82.8 Å². The van der Waals surface area contributed by atoms with Crippen molar-refractivity contribution in [1.82, 2.24) is 4.98 Å². The molecule has 0 fully saturated rings. The van der Waals surface area contributed by atoms with Crippen LogP contribution in [0.25, 0.3) is 0 Å². The van der Waals surface area contributed by atoms with Crippen LogP contribution in [0.15, 0.2) is 54.7 Å². The van der Waals surface area contributed by atoms with E-state index < -0.39 is 29.6 Å². The van der Waals surface area contributed by atoms with E-state index in [0.717, 1.165) is 11.0 Å². The second-order valence-electron chi connectivity index (χ2n) is 6.42. The maximum absolute atomic E-state index is 14.3. The summed E-state index contributed by atoms with van der Waals surface area (Å²) in [5.74, 6) is -3.24. The summed E-state index contributed by atoms with van der Waals surface area (Å²) in [5, 5.41) is 12.6. The number of aliphatic hydroxyl groups excluding tert-OH is 1. The van der Waals surface area contributed by atoms with E-state index in [0.29, 0.717) is 11.3 Å². The molecule has 5 nitrogen and oxygen atoms in total. The summed E-state index contributed by atoms with van der Waals surface area (Å²) in [6.07, 6.45) is -0.0783. The molecule has 9 heteroatoms. The minimum atomic E-state index is -1.24. The van der Waals surface area contributed by atoms with E-state index in [1.807, 2.05) is 0 Å². The third kappa shape index (κ3) is 4.72. The summed E-state index contributed by atoms with van der Waals surface area (Å²) in [7, 11) is 0. The number of rotatable bonds is 6. The number of amides is 1. The minimum Gasteiger partial charge on any atom is -0.373 e. The Labute approximate surface area is 175 Å². The highest BCUT2D eigenvalue weighted by molar-refractivity contribution is 6.31. The number of aromatic nitrogens is 1. The first kappa shape index (κ1) is 21.6. The van der Waals surface area contributed by atoms with E-state index in [1.165, 1.54) is 55.6 Å². The molecule has 0 aliphatic rings. The average molecular weight is 436 g/mol. The molecular weight excluding hydrogens is 419 g/mol. The van der Waals surface area contributed by atoms with Crippen molar-refractivity contribution >= 4 is 34.7 Å². The smallest absolute Gasteiger partial charge is 0.228 e. The summed E-state index contributed by atoms with van der Waals surface area (Å²) in [6.45, 7) is 1.36. The number of nitrogens with zero attached hydrogens (tertiary/aromatic N) is 2. The van der Waals surface area contributed by atoms with Crippen molar-refractivity contribution < 1.29 is 23.1 Å². The van der Waals surface area contributed by atoms with Gasteiger partial charge in [0.2, 0.25) is 5.91 Å². The molecule has 3 aromatic rings. The molecule has 0 radical (unpaired) electrons. The highest BCUT2D eigenvalue weighted by Gasteiger charge is 2.22. The van der Waals surface area contributed by atoms with Crippen LogP contribution in [0.5, 0.6) is 0 Å². The van der Waals surface area contributed by atoms with Crippen molar-refractivity contribution in [2.75, 3.05) is 10.2 Å². The SMILES string of the molecule is CC(O)N(c1cc(NC(=O)Cc2cccc(F)c2Cl)ccn1)c1cccc(F)c1F. The van der Waals surface area contributed by atoms with Crippen LogP contribution in [0, 0.1) is 17.5 Å². The van der Waals surface area contributed by atoms with Gasteiger partial charge in [0.1, 0.15) is 17.9 Å².